The van der Waals surface area contributed by atoms with Crippen LogP contribution in [-0.4, -0.2) is 49.3 Å². The second-order valence-corrected chi connectivity index (χ2v) is 7.54. The van der Waals surface area contributed by atoms with Crippen LogP contribution in [0.25, 0.3) is 10.4 Å². The number of methoxy groups -OCH3 is 1. The second-order valence-electron chi connectivity index (χ2n) is 7.54. The van der Waals surface area contributed by atoms with Gasteiger partial charge in [0.05, 0.1) is 24.8 Å². The summed E-state index contributed by atoms with van der Waals surface area (Å²) in [6, 6.07) is 13.5. The summed E-state index contributed by atoms with van der Waals surface area (Å²) in [7, 11) is 1.53. The van der Waals surface area contributed by atoms with Gasteiger partial charge in [0.2, 0.25) is 0 Å². The van der Waals surface area contributed by atoms with Crippen LogP contribution in [0.5, 0.6) is 0 Å². The van der Waals surface area contributed by atoms with E-state index in [0.29, 0.717) is 6.54 Å². The molecule has 2 aliphatic rings. The van der Waals surface area contributed by atoms with Crippen LogP contribution < -0.4 is 0 Å². The Hall–Kier alpha value is -2.93. The summed E-state index contributed by atoms with van der Waals surface area (Å²) in [5.74, 6) is -0.481. The predicted molar refractivity (Wildman–Crippen MR) is 108 cm³/mol. The quantitative estimate of drug-likeness (QED) is 0.437. The topological polar surface area (TPSA) is 87.5 Å². The number of rotatable bonds is 4. The summed E-state index contributed by atoms with van der Waals surface area (Å²) in [4.78, 5) is 18.2. The Bertz CT molecular complexity index is 961. The van der Waals surface area contributed by atoms with Crippen molar-refractivity contribution in [3.05, 3.63) is 81.5 Å². The fourth-order valence-corrected chi connectivity index (χ4v) is 4.34. The Morgan fingerprint density at radius 3 is 2.77 bits per heavy atom. The summed E-state index contributed by atoms with van der Waals surface area (Å²) in [5.41, 5.74) is 11.9. The lowest BCUT2D eigenvalue weighted by Crippen LogP contribution is -2.51. The van der Waals surface area contributed by atoms with E-state index in [-0.39, 0.29) is 36.9 Å². The average molecular weight is 410 g/mol. The molecule has 1 amide bonds. The monoisotopic (exact) mass is 410 g/mol. The molecule has 1 fully saturated rings. The summed E-state index contributed by atoms with van der Waals surface area (Å²) >= 11 is 0. The Balaban J connectivity index is 1.65. The third-order valence-electron chi connectivity index (χ3n) is 5.88. The molecule has 2 aliphatic heterocycles. The van der Waals surface area contributed by atoms with Crippen LogP contribution in [0.3, 0.4) is 0 Å². The molecule has 0 saturated carbocycles. The van der Waals surface area contributed by atoms with E-state index in [1.807, 2.05) is 18.2 Å². The molecule has 0 unspecified atom stereocenters. The highest BCUT2D eigenvalue weighted by atomic mass is 19.1. The number of hydrogen-bond donors (Lipinski definition) is 0. The molecule has 0 bridgehead atoms. The molecule has 0 radical (unpaired) electrons. The molecule has 2 aromatic rings. The van der Waals surface area contributed by atoms with Crippen LogP contribution in [-0.2, 0) is 20.7 Å². The zero-order chi connectivity index (χ0) is 21.1. The minimum Gasteiger partial charge on any atom is -0.379 e. The Morgan fingerprint density at radius 1 is 1.27 bits per heavy atom. The summed E-state index contributed by atoms with van der Waals surface area (Å²) in [6.45, 7) is 0.708. The number of ether oxygens (including phenoxy) is 2. The minimum absolute atomic E-state index is 0.161. The first-order valence-corrected chi connectivity index (χ1v) is 9.94. The van der Waals surface area contributed by atoms with Gasteiger partial charge >= 0.3 is 0 Å². The fourth-order valence-electron chi connectivity index (χ4n) is 4.34. The molecule has 4 rings (SSSR count). The summed E-state index contributed by atoms with van der Waals surface area (Å²) < 4.78 is 24.7. The Kier molecular flexibility index (Phi) is 5.99. The van der Waals surface area contributed by atoms with Crippen LogP contribution in [0.15, 0.2) is 53.6 Å². The molecule has 1 saturated heterocycles. The molecule has 0 aliphatic carbocycles. The first-order valence-electron chi connectivity index (χ1n) is 9.94. The summed E-state index contributed by atoms with van der Waals surface area (Å²) in [6.07, 6.45) is -0.109. The van der Waals surface area contributed by atoms with Gasteiger partial charge in [0.25, 0.3) is 5.91 Å². The van der Waals surface area contributed by atoms with Crippen molar-refractivity contribution in [2.45, 2.75) is 37.1 Å². The van der Waals surface area contributed by atoms with Crippen molar-refractivity contribution >= 4 is 5.91 Å². The highest BCUT2D eigenvalue weighted by molar-refractivity contribution is 5.82. The lowest BCUT2D eigenvalue weighted by atomic mass is 9.87. The van der Waals surface area contributed by atoms with E-state index >= 15 is 0 Å². The maximum Gasteiger partial charge on any atom is 0.252 e. The standard InChI is InChI=1S/C22H23FN4O3/c1-29-20-13-30-19(12-18(20)25-26-24)22(28)27-11-10-14-4-2-3-5-17(14)21(27)15-6-8-16(23)9-7-15/h2-9,18-21H,10-13H2,1H3/t18-,19+,20-,21-/m0/s1. The van der Waals surface area contributed by atoms with Crippen LogP contribution in [0.1, 0.15) is 29.2 Å². The molecular formula is C22H23FN4O3. The van der Waals surface area contributed by atoms with Gasteiger partial charge in [0.1, 0.15) is 11.9 Å². The van der Waals surface area contributed by atoms with Crippen molar-refractivity contribution < 1.29 is 18.7 Å². The van der Waals surface area contributed by atoms with Crippen molar-refractivity contribution in [2.24, 2.45) is 5.11 Å². The minimum atomic E-state index is -0.722. The van der Waals surface area contributed by atoms with Crippen molar-refractivity contribution in [1.29, 1.82) is 0 Å². The van der Waals surface area contributed by atoms with E-state index < -0.39 is 12.1 Å². The lowest BCUT2D eigenvalue weighted by molar-refractivity contribution is -0.156. The third kappa shape index (κ3) is 3.89. The van der Waals surface area contributed by atoms with Crippen LogP contribution in [0.2, 0.25) is 0 Å². The van der Waals surface area contributed by atoms with Crippen molar-refractivity contribution in [2.75, 3.05) is 20.3 Å². The number of hydrogen-bond acceptors (Lipinski definition) is 4. The number of azide groups is 1. The van der Waals surface area contributed by atoms with Gasteiger partial charge in [-0.1, -0.05) is 41.5 Å². The number of amides is 1. The van der Waals surface area contributed by atoms with Crippen LogP contribution >= 0.6 is 0 Å². The second kappa shape index (κ2) is 8.83. The zero-order valence-corrected chi connectivity index (χ0v) is 16.6. The Labute approximate surface area is 174 Å². The number of carbonyl (C=O) groups is 1. The van der Waals surface area contributed by atoms with Crippen LogP contribution in [0, 0.1) is 5.82 Å². The average Bonchev–Trinajstić information content (AvgIpc) is 2.78. The van der Waals surface area contributed by atoms with Gasteiger partial charge in [-0.3, -0.25) is 4.79 Å². The van der Waals surface area contributed by atoms with Crippen molar-refractivity contribution in [3.8, 4) is 0 Å². The zero-order valence-electron chi connectivity index (χ0n) is 16.6. The van der Waals surface area contributed by atoms with E-state index in [1.165, 1.54) is 24.8 Å². The molecule has 8 heteroatoms. The number of fused-ring (bicyclic) bond motifs is 1. The number of benzene rings is 2. The molecule has 0 spiro atoms. The van der Waals surface area contributed by atoms with Gasteiger partial charge < -0.3 is 14.4 Å². The lowest BCUT2D eigenvalue weighted by Gasteiger charge is -2.41. The molecule has 156 valence electrons. The molecule has 0 N–H and O–H groups in total. The van der Waals surface area contributed by atoms with Gasteiger partial charge in [-0.25, -0.2) is 4.39 Å². The van der Waals surface area contributed by atoms with Gasteiger partial charge in [0.15, 0.2) is 0 Å². The normalized spacial score (nSPS) is 25.9. The molecule has 30 heavy (non-hydrogen) atoms. The van der Waals surface area contributed by atoms with E-state index in [2.05, 4.69) is 16.1 Å². The van der Waals surface area contributed by atoms with Gasteiger partial charge in [-0.15, -0.1) is 0 Å². The molecule has 7 nitrogen and oxygen atoms in total. The fraction of sp³-hybridized carbons (Fsp3) is 0.409. The van der Waals surface area contributed by atoms with E-state index in [0.717, 1.165) is 17.5 Å². The first-order chi connectivity index (χ1) is 14.6. The molecule has 4 atom stereocenters. The van der Waals surface area contributed by atoms with E-state index in [4.69, 9.17) is 15.0 Å². The highest BCUT2D eigenvalue weighted by Gasteiger charge is 2.40. The van der Waals surface area contributed by atoms with E-state index in [9.17, 15) is 9.18 Å². The summed E-state index contributed by atoms with van der Waals surface area (Å²) in [5, 5.41) is 3.80. The molecular weight excluding hydrogens is 387 g/mol. The molecule has 2 aromatic carbocycles. The van der Waals surface area contributed by atoms with Gasteiger partial charge in [-0.05, 0) is 47.2 Å². The number of carbonyl (C=O) groups excluding carboxylic acids is 1. The third-order valence-corrected chi connectivity index (χ3v) is 5.88. The smallest absolute Gasteiger partial charge is 0.252 e. The first kappa shape index (κ1) is 20.3. The maximum atomic E-state index is 13.5. The largest absolute Gasteiger partial charge is 0.379 e. The number of nitrogens with zero attached hydrogens (tertiary/aromatic N) is 4. The van der Waals surface area contributed by atoms with Gasteiger partial charge in [0, 0.05) is 18.6 Å². The number of halogens is 1. The SMILES string of the molecule is CO[C@H]1CO[C@@H](C(=O)N2CCc3ccccc3[C@@H]2c2ccc(F)cc2)C[C@@H]1N=[N+]=[N-]. The Morgan fingerprint density at radius 2 is 2.03 bits per heavy atom. The van der Waals surface area contributed by atoms with E-state index in [1.54, 1.807) is 17.0 Å². The predicted octanol–water partition coefficient (Wildman–Crippen LogP) is 3.78. The molecule has 0 aromatic heterocycles. The van der Waals surface area contributed by atoms with Crippen LogP contribution in [0.4, 0.5) is 4.39 Å². The van der Waals surface area contributed by atoms with Crippen molar-refractivity contribution in [3.63, 3.8) is 0 Å². The van der Waals surface area contributed by atoms with Crippen molar-refractivity contribution in [1.82, 2.24) is 4.90 Å². The molecule has 2 heterocycles. The highest BCUT2D eigenvalue weighted by Crippen LogP contribution is 2.36. The maximum absolute atomic E-state index is 13.5. The van der Waals surface area contributed by atoms with Gasteiger partial charge in [-0.2, -0.15) is 0 Å².